The molecule has 0 aromatic heterocycles. The predicted molar refractivity (Wildman–Crippen MR) is 71.8 cm³/mol. The number of fused-ring (bicyclic) bond motifs is 1. The zero-order valence-corrected chi connectivity index (χ0v) is 10.6. The lowest BCUT2D eigenvalue weighted by molar-refractivity contribution is 0.304. The van der Waals surface area contributed by atoms with Crippen LogP contribution < -0.4 is 0 Å². The van der Waals surface area contributed by atoms with Crippen molar-refractivity contribution in [3.8, 4) is 0 Å². The van der Waals surface area contributed by atoms with E-state index in [4.69, 9.17) is 5.21 Å². The van der Waals surface area contributed by atoms with Gasteiger partial charge in [-0.05, 0) is 30.7 Å². The second-order valence-electron chi connectivity index (χ2n) is 5.53. The average Bonchev–Trinajstić information content (AvgIpc) is 2.82. The summed E-state index contributed by atoms with van der Waals surface area (Å²) in [5.74, 6) is 1.20. The summed E-state index contributed by atoms with van der Waals surface area (Å²) in [4.78, 5) is 2.50. The van der Waals surface area contributed by atoms with Crippen molar-refractivity contribution in [3.63, 3.8) is 0 Å². The molecule has 0 bridgehead atoms. The molecule has 0 spiro atoms. The number of nitrogens with zero attached hydrogens (tertiary/aromatic N) is 2. The third-order valence-electron chi connectivity index (χ3n) is 4.33. The Morgan fingerprint density at radius 2 is 2.06 bits per heavy atom. The summed E-state index contributed by atoms with van der Waals surface area (Å²) in [6, 6.07) is 10.6. The molecule has 96 valence electrons. The Morgan fingerprint density at radius 3 is 2.83 bits per heavy atom. The molecule has 1 N–H and O–H groups in total. The van der Waals surface area contributed by atoms with Crippen molar-refractivity contribution in [2.24, 2.45) is 17.0 Å². The molecule has 1 saturated heterocycles. The minimum atomic E-state index is 0.493. The van der Waals surface area contributed by atoms with E-state index in [0.717, 1.165) is 31.8 Å². The van der Waals surface area contributed by atoms with Crippen LogP contribution in [0, 0.1) is 11.8 Å². The third kappa shape index (κ3) is 2.27. The average molecular weight is 244 g/mol. The molecule has 1 heterocycles. The molecule has 3 heteroatoms. The Balaban J connectivity index is 1.67. The quantitative estimate of drug-likeness (QED) is 0.641. The van der Waals surface area contributed by atoms with E-state index < -0.39 is 0 Å². The number of benzene rings is 1. The van der Waals surface area contributed by atoms with Crippen LogP contribution in [0.25, 0.3) is 0 Å². The maximum absolute atomic E-state index is 9.08. The fourth-order valence-electron chi connectivity index (χ4n) is 3.46. The standard InChI is InChI=1S/C15H20N2O/c18-16-15-8-4-7-13-10-17(11-14(13)15)9-12-5-2-1-3-6-12/h1-3,5-6,13-14,18H,4,7-11H2/t13-,14+/m1/s1. The van der Waals surface area contributed by atoms with Crippen LogP contribution in [0.2, 0.25) is 0 Å². The van der Waals surface area contributed by atoms with Gasteiger partial charge in [-0.15, -0.1) is 0 Å². The van der Waals surface area contributed by atoms with Gasteiger partial charge in [0.2, 0.25) is 0 Å². The number of oxime groups is 1. The van der Waals surface area contributed by atoms with Gasteiger partial charge in [-0.3, -0.25) is 4.90 Å². The van der Waals surface area contributed by atoms with Gasteiger partial charge >= 0.3 is 0 Å². The largest absolute Gasteiger partial charge is 0.411 e. The van der Waals surface area contributed by atoms with E-state index in [9.17, 15) is 0 Å². The predicted octanol–water partition coefficient (Wildman–Crippen LogP) is 2.75. The molecule has 3 rings (SSSR count). The number of likely N-dealkylation sites (tertiary alicyclic amines) is 1. The lowest BCUT2D eigenvalue weighted by atomic mass is 9.80. The first-order chi connectivity index (χ1) is 8.86. The molecule has 2 fully saturated rings. The molecule has 3 nitrogen and oxygen atoms in total. The van der Waals surface area contributed by atoms with Crippen LogP contribution >= 0.6 is 0 Å². The molecule has 1 saturated carbocycles. The first-order valence-electron chi connectivity index (χ1n) is 6.84. The van der Waals surface area contributed by atoms with Gasteiger partial charge in [0.25, 0.3) is 0 Å². The number of hydrogen-bond acceptors (Lipinski definition) is 3. The highest BCUT2D eigenvalue weighted by molar-refractivity contribution is 5.87. The van der Waals surface area contributed by atoms with Crippen LogP contribution in [-0.2, 0) is 6.54 Å². The Morgan fingerprint density at radius 1 is 1.22 bits per heavy atom. The molecular weight excluding hydrogens is 224 g/mol. The van der Waals surface area contributed by atoms with Gasteiger partial charge in [0, 0.05) is 25.6 Å². The zero-order valence-electron chi connectivity index (χ0n) is 10.6. The van der Waals surface area contributed by atoms with Crippen LogP contribution in [0.1, 0.15) is 24.8 Å². The van der Waals surface area contributed by atoms with Crippen molar-refractivity contribution in [2.75, 3.05) is 13.1 Å². The lowest BCUT2D eigenvalue weighted by Crippen LogP contribution is -2.27. The first-order valence-corrected chi connectivity index (χ1v) is 6.84. The van der Waals surface area contributed by atoms with Crippen LogP contribution in [0.15, 0.2) is 35.5 Å². The highest BCUT2D eigenvalue weighted by atomic mass is 16.4. The third-order valence-corrected chi connectivity index (χ3v) is 4.33. The Hall–Kier alpha value is -1.35. The molecule has 18 heavy (non-hydrogen) atoms. The molecule has 1 aromatic rings. The van der Waals surface area contributed by atoms with Crippen molar-refractivity contribution in [1.29, 1.82) is 0 Å². The van der Waals surface area contributed by atoms with E-state index in [-0.39, 0.29) is 0 Å². The van der Waals surface area contributed by atoms with Gasteiger partial charge in [-0.25, -0.2) is 0 Å². The van der Waals surface area contributed by atoms with Crippen molar-refractivity contribution < 1.29 is 5.21 Å². The SMILES string of the molecule is ON=C1CCC[C@@H]2CN(Cc3ccccc3)C[C@H]12. The van der Waals surface area contributed by atoms with Crippen LogP contribution in [0.4, 0.5) is 0 Å². The first kappa shape index (κ1) is 11.7. The normalized spacial score (nSPS) is 30.6. The monoisotopic (exact) mass is 244 g/mol. The number of rotatable bonds is 2. The summed E-state index contributed by atoms with van der Waals surface area (Å²) >= 11 is 0. The van der Waals surface area contributed by atoms with Crippen LogP contribution in [-0.4, -0.2) is 28.9 Å². The fraction of sp³-hybridized carbons (Fsp3) is 0.533. The van der Waals surface area contributed by atoms with Crippen molar-refractivity contribution in [3.05, 3.63) is 35.9 Å². The van der Waals surface area contributed by atoms with Crippen molar-refractivity contribution in [2.45, 2.75) is 25.8 Å². The fourth-order valence-corrected chi connectivity index (χ4v) is 3.46. The summed E-state index contributed by atoms with van der Waals surface area (Å²) in [7, 11) is 0. The Labute approximate surface area is 108 Å². The van der Waals surface area contributed by atoms with Gasteiger partial charge in [0.1, 0.15) is 0 Å². The van der Waals surface area contributed by atoms with Gasteiger partial charge in [0.05, 0.1) is 5.71 Å². The molecule has 0 unspecified atom stereocenters. The van der Waals surface area contributed by atoms with Crippen LogP contribution in [0.5, 0.6) is 0 Å². The zero-order chi connectivity index (χ0) is 12.4. The summed E-state index contributed by atoms with van der Waals surface area (Å²) in [6.07, 6.45) is 3.45. The molecule has 2 aliphatic rings. The summed E-state index contributed by atoms with van der Waals surface area (Å²) < 4.78 is 0. The summed E-state index contributed by atoms with van der Waals surface area (Å²) in [6.45, 7) is 3.23. The maximum Gasteiger partial charge on any atom is 0.0617 e. The highest BCUT2D eigenvalue weighted by Crippen LogP contribution is 2.35. The molecule has 1 aromatic carbocycles. The lowest BCUT2D eigenvalue weighted by Gasteiger charge is -2.24. The van der Waals surface area contributed by atoms with E-state index >= 15 is 0 Å². The van der Waals surface area contributed by atoms with E-state index in [1.54, 1.807) is 0 Å². The van der Waals surface area contributed by atoms with Gasteiger partial charge in [-0.2, -0.15) is 0 Å². The minimum Gasteiger partial charge on any atom is -0.411 e. The second kappa shape index (κ2) is 5.11. The van der Waals surface area contributed by atoms with Crippen LogP contribution in [0.3, 0.4) is 0 Å². The minimum absolute atomic E-state index is 0.493. The molecular formula is C15H20N2O. The highest BCUT2D eigenvalue weighted by Gasteiger charge is 2.38. The molecule has 0 amide bonds. The number of hydrogen-bond donors (Lipinski definition) is 1. The maximum atomic E-state index is 9.08. The Bertz CT molecular complexity index is 429. The summed E-state index contributed by atoms with van der Waals surface area (Å²) in [5, 5.41) is 12.6. The van der Waals surface area contributed by atoms with Crippen molar-refractivity contribution in [1.82, 2.24) is 4.90 Å². The topological polar surface area (TPSA) is 35.8 Å². The van der Waals surface area contributed by atoms with Gasteiger partial charge in [-0.1, -0.05) is 35.5 Å². The van der Waals surface area contributed by atoms with Crippen molar-refractivity contribution >= 4 is 5.71 Å². The van der Waals surface area contributed by atoms with E-state index in [1.807, 2.05) is 0 Å². The smallest absolute Gasteiger partial charge is 0.0617 e. The van der Waals surface area contributed by atoms with E-state index in [0.29, 0.717) is 11.8 Å². The molecule has 0 radical (unpaired) electrons. The van der Waals surface area contributed by atoms with Gasteiger partial charge in [0.15, 0.2) is 0 Å². The van der Waals surface area contributed by atoms with E-state index in [2.05, 4.69) is 40.4 Å². The van der Waals surface area contributed by atoms with Gasteiger partial charge < -0.3 is 5.21 Å². The Kier molecular flexibility index (Phi) is 3.33. The molecule has 1 aliphatic heterocycles. The molecule has 2 atom stereocenters. The van der Waals surface area contributed by atoms with E-state index in [1.165, 1.54) is 18.4 Å². The second-order valence-corrected chi connectivity index (χ2v) is 5.53. The molecule has 1 aliphatic carbocycles. The summed E-state index contributed by atoms with van der Waals surface area (Å²) in [5.41, 5.74) is 2.40.